The molecule has 16 heteroatoms. The number of benzene rings is 3. The Morgan fingerprint density at radius 2 is 1.61 bits per heavy atom. The van der Waals surface area contributed by atoms with Gasteiger partial charge in [-0.25, -0.2) is 0 Å². The third-order valence-corrected chi connectivity index (χ3v) is 12.6. The SMILES string of the molecule is COC1C=COC2(C)Oc3c(C)c(O)c4c(O)c(c(C=NN(C)C(C)C(O)c5ccccc5)c(O)c4c3C2=O)NC(=O)C(C)=CC=CC(C)C(O)C(C)C(O)C(C)C(OC(C)=O)C1C. The van der Waals surface area contributed by atoms with E-state index in [1.807, 2.05) is 6.07 Å². The number of aliphatic hydroxyl groups is 3. The van der Waals surface area contributed by atoms with Crippen LogP contribution in [0.4, 0.5) is 5.69 Å². The van der Waals surface area contributed by atoms with Crippen LogP contribution in [0.5, 0.6) is 23.0 Å². The second-order valence-corrected chi connectivity index (χ2v) is 17.0. The van der Waals surface area contributed by atoms with Crippen molar-refractivity contribution >= 4 is 40.3 Å². The van der Waals surface area contributed by atoms with Crippen LogP contribution in [0.15, 0.2) is 71.6 Å². The van der Waals surface area contributed by atoms with Crippen molar-refractivity contribution in [2.45, 2.75) is 105 Å². The fourth-order valence-electron chi connectivity index (χ4n) is 8.26. The molecule has 7 N–H and O–H groups in total. The molecular weight excluding hydrogens is 827 g/mol. The van der Waals surface area contributed by atoms with Gasteiger partial charge in [-0.2, -0.15) is 5.10 Å². The predicted octanol–water partition coefficient (Wildman–Crippen LogP) is 6.14. The van der Waals surface area contributed by atoms with Crippen LogP contribution in [-0.4, -0.2) is 110 Å². The van der Waals surface area contributed by atoms with Crippen molar-refractivity contribution in [2.24, 2.45) is 28.8 Å². The number of nitrogens with zero attached hydrogens (tertiary/aromatic N) is 2. The molecule has 3 aliphatic rings. The van der Waals surface area contributed by atoms with E-state index in [-0.39, 0.29) is 44.5 Å². The van der Waals surface area contributed by atoms with E-state index >= 15 is 0 Å². The van der Waals surface area contributed by atoms with E-state index in [0.29, 0.717) is 5.56 Å². The molecule has 0 spiro atoms. The van der Waals surface area contributed by atoms with Gasteiger partial charge in [-0.15, -0.1) is 0 Å². The molecule has 0 saturated carbocycles. The molecule has 11 atom stereocenters. The number of carbonyl (C=O) groups excluding carboxylic acids is 3. The summed E-state index contributed by atoms with van der Waals surface area (Å²) in [4.78, 5) is 40.8. The smallest absolute Gasteiger partial charge is 0.312 e. The standard InChI is InChI=1S/C48H61N3O13/c1-23-16-15-17-24(2)47(60)50-37-32(22-49-51(10)29(7)41(56)31-18-13-12-14-19-31)42(57)34-35(43(37)58)40(55)28(6)45-36(34)46(59)48(9,64-45)62-21-20-33(61-11)25(3)44(63-30(8)52)27(5)39(54)26(4)38(23)53/h12-23,25-27,29,33,38-39,41,44,53-58H,1-11H3,(H,50,60). The molecule has 64 heavy (non-hydrogen) atoms. The number of anilines is 1. The lowest BCUT2D eigenvalue weighted by Crippen LogP contribution is -2.46. The summed E-state index contributed by atoms with van der Waals surface area (Å²) in [5.74, 6) is -8.88. The van der Waals surface area contributed by atoms with Gasteiger partial charge >= 0.3 is 11.8 Å². The van der Waals surface area contributed by atoms with Gasteiger partial charge in [-0.05, 0) is 32.4 Å². The van der Waals surface area contributed by atoms with Crippen molar-refractivity contribution in [2.75, 3.05) is 19.5 Å². The number of allylic oxidation sites excluding steroid dienone is 2. The number of ketones is 1. The van der Waals surface area contributed by atoms with Crippen molar-refractivity contribution in [3.8, 4) is 23.0 Å². The first-order valence-electron chi connectivity index (χ1n) is 21.2. The zero-order valence-corrected chi connectivity index (χ0v) is 38.1. The normalized spacial score (nSPS) is 27.8. The molecule has 11 unspecified atom stereocenters. The summed E-state index contributed by atoms with van der Waals surface area (Å²) < 4.78 is 23.6. The van der Waals surface area contributed by atoms with Crippen LogP contribution in [-0.2, 0) is 23.8 Å². The lowest BCUT2D eigenvalue weighted by atomic mass is 9.78. The average molecular weight is 888 g/mol. The lowest BCUT2D eigenvalue weighted by Gasteiger charge is -2.38. The quantitative estimate of drug-likeness (QED) is 0.0464. The Labute approximate surface area is 373 Å². The molecule has 3 heterocycles. The number of phenols is 3. The van der Waals surface area contributed by atoms with Crippen LogP contribution in [0.2, 0.25) is 0 Å². The first-order valence-corrected chi connectivity index (χ1v) is 21.2. The Balaban J connectivity index is 1.71. The first-order chi connectivity index (χ1) is 30.1. The number of fused-ring (bicyclic) bond motifs is 14. The van der Waals surface area contributed by atoms with Gasteiger partial charge in [0.25, 0.3) is 11.7 Å². The van der Waals surface area contributed by atoms with E-state index < -0.39 is 101 Å². The summed E-state index contributed by atoms with van der Waals surface area (Å²) in [5, 5.41) is 77.8. The monoisotopic (exact) mass is 887 g/mol. The van der Waals surface area contributed by atoms with E-state index in [1.165, 1.54) is 58.2 Å². The van der Waals surface area contributed by atoms with Crippen LogP contribution in [0.3, 0.4) is 0 Å². The zero-order chi connectivity index (χ0) is 47.5. The highest BCUT2D eigenvalue weighted by Gasteiger charge is 2.50. The molecule has 0 saturated heterocycles. The minimum atomic E-state index is -2.09. The summed E-state index contributed by atoms with van der Waals surface area (Å²) in [7, 11) is 3.00. The van der Waals surface area contributed by atoms with Crippen molar-refractivity contribution in [1.82, 2.24) is 5.01 Å². The number of hydrazone groups is 1. The molecule has 5 bridgehead atoms. The van der Waals surface area contributed by atoms with E-state index in [1.54, 1.807) is 78.1 Å². The Kier molecular flexibility index (Phi) is 15.2. The predicted molar refractivity (Wildman–Crippen MR) is 240 cm³/mol. The van der Waals surface area contributed by atoms with Crippen LogP contribution in [0.1, 0.15) is 88.5 Å². The lowest BCUT2D eigenvalue weighted by molar-refractivity contribution is -0.160. The Morgan fingerprint density at radius 3 is 2.23 bits per heavy atom. The van der Waals surface area contributed by atoms with Gasteiger partial charge in [0.15, 0.2) is 5.75 Å². The largest absolute Gasteiger partial charge is 0.507 e. The van der Waals surface area contributed by atoms with E-state index in [9.17, 15) is 45.0 Å². The van der Waals surface area contributed by atoms with E-state index in [4.69, 9.17) is 18.9 Å². The van der Waals surface area contributed by atoms with Gasteiger partial charge in [0.05, 0.1) is 59.0 Å². The second-order valence-electron chi connectivity index (χ2n) is 17.0. The highest BCUT2D eigenvalue weighted by atomic mass is 16.7. The molecule has 3 aliphatic heterocycles. The minimum Gasteiger partial charge on any atom is -0.507 e. The number of Topliss-reactive ketones (excluding diaryl/α,β-unsaturated/α-hetero) is 1. The van der Waals surface area contributed by atoms with Crippen molar-refractivity contribution in [3.05, 3.63) is 88.7 Å². The number of likely N-dealkylation sites (N-methyl/N-ethyl adjacent to an activating group) is 1. The number of phenolic OH excluding ortho intramolecular Hbond substituents is 3. The van der Waals surface area contributed by atoms with Gasteiger partial charge in [0.2, 0.25) is 0 Å². The molecule has 16 nitrogen and oxygen atoms in total. The van der Waals surface area contributed by atoms with Crippen molar-refractivity contribution in [1.29, 1.82) is 0 Å². The summed E-state index contributed by atoms with van der Waals surface area (Å²) in [6.45, 7) is 14.1. The molecule has 0 fully saturated rings. The number of rotatable bonds is 7. The molecule has 6 rings (SSSR count). The van der Waals surface area contributed by atoms with Crippen LogP contribution >= 0.6 is 0 Å². The number of aromatic hydroxyl groups is 3. The number of hydrogen-bond donors (Lipinski definition) is 7. The first kappa shape index (κ1) is 49.1. The maximum atomic E-state index is 14.5. The van der Waals surface area contributed by atoms with Crippen molar-refractivity contribution < 1.29 is 64.0 Å². The maximum absolute atomic E-state index is 14.5. The summed E-state index contributed by atoms with van der Waals surface area (Å²) in [6, 6.07) is 8.28. The highest BCUT2D eigenvalue weighted by molar-refractivity contribution is 6.23. The number of nitrogens with one attached hydrogen (secondary N) is 1. The fraction of sp³-hybridized carbons (Fsp3) is 0.458. The third-order valence-electron chi connectivity index (χ3n) is 12.6. The van der Waals surface area contributed by atoms with Gasteiger partial charge in [-0.3, -0.25) is 19.4 Å². The Hall–Kier alpha value is -5.94. The number of aliphatic hydroxyl groups excluding tert-OH is 3. The topological polar surface area (TPSA) is 237 Å². The molecular formula is C48H61N3O13. The number of ether oxygens (including phenoxy) is 4. The molecule has 1 amide bonds. The molecule has 0 aliphatic carbocycles. The van der Waals surface area contributed by atoms with Crippen molar-refractivity contribution in [3.63, 3.8) is 0 Å². The molecule has 3 aromatic rings. The number of hydrogen-bond acceptors (Lipinski definition) is 15. The molecule has 3 aromatic carbocycles. The van der Waals surface area contributed by atoms with E-state index in [0.717, 1.165) is 6.21 Å². The fourth-order valence-corrected chi connectivity index (χ4v) is 8.26. The number of amides is 1. The summed E-state index contributed by atoms with van der Waals surface area (Å²) in [6.07, 6.45) is 3.51. The number of carbonyl (C=O) groups is 3. The van der Waals surface area contributed by atoms with E-state index in [2.05, 4.69) is 10.4 Å². The van der Waals surface area contributed by atoms with Crippen LogP contribution < -0.4 is 10.1 Å². The number of methoxy groups -OCH3 is 1. The summed E-state index contributed by atoms with van der Waals surface area (Å²) in [5.41, 5.74) is -0.0862. The van der Waals surface area contributed by atoms with Crippen LogP contribution in [0, 0.1) is 30.6 Å². The number of esters is 1. The molecule has 346 valence electrons. The zero-order valence-electron chi connectivity index (χ0n) is 38.1. The third kappa shape index (κ3) is 9.60. The minimum absolute atomic E-state index is 0.0152. The maximum Gasteiger partial charge on any atom is 0.312 e. The van der Waals surface area contributed by atoms with Gasteiger partial charge in [0, 0.05) is 68.2 Å². The Morgan fingerprint density at radius 1 is 0.953 bits per heavy atom. The molecule has 0 radical (unpaired) electrons. The summed E-state index contributed by atoms with van der Waals surface area (Å²) >= 11 is 0. The Bertz CT molecular complexity index is 2360. The van der Waals surface area contributed by atoms with Gasteiger partial charge in [-0.1, -0.05) is 76.3 Å². The second kappa shape index (κ2) is 19.8. The highest BCUT2D eigenvalue weighted by Crippen LogP contribution is 2.55. The van der Waals surface area contributed by atoms with Gasteiger partial charge in [0.1, 0.15) is 29.5 Å². The molecule has 0 aromatic heterocycles. The average Bonchev–Trinajstić information content (AvgIpc) is 3.53. The van der Waals surface area contributed by atoms with Gasteiger partial charge < -0.3 is 54.9 Å². The van der Waals surface area contributed by atoms with Crippen LogP contribution in [0.25, 0.3) is 10.8 Å².